The number of nitrogens with one attached hydrogen (secondary N) is 3. The molecule has 3 rings (SSSR count). The molecule has 1 aromatic heterocycles. The van der Waals surface area contributed by atoms with Gasteiger partial charge in [0.1, 0.15) is 12.4 Å². The van der Waals surface area contributed by atoms with Crippen LogP contribution in [0.1, 0.15) is 11.1 Å². The molecule has 23 heavy (non-hydrogen) atoms. The fourth-order valence-corrected chi connectivity index (χ4v) is 2.08. The Bertz CT molecular complexity index is 841. The molecule has 0 amide bonds. The smallest absolute Gasteiger partial charge is 0.238 e. The van der Waals surface area contributed by atoms with Gasteiger partial charge in [-0.15, -0.1) is 0 Å². The van der Waals surface area contributed by atoms with E-state index in [9.17, 15) is 0 Å². The summed E-state index contributed by atoms with van der Waals surface area (Å²) in [4.78, 5) is 3.99. The maximum Gasteiger partial charge on any atom is 0.238 e. The van der Waals surface area contributed by atoms with Crippen molar-refractivity contribution < 1.29 is 4.74 Å². The van der Waals surface area contributed by atoms with Gasteiger partial charge in [-0.2, -0.15) is 10.1 Å². The number of hydrazone groups is 1. The van der Waals surface area contributed by atoms with Gasteiger partial charge in [-0.1, -0.05) is 42.5 Å². The number of para-hydroxylation sites is 1. The molecule has 0 atom stereocenters. The second-order valence-electron chi connectivity index (χ2n) is 4.70. The van der Waals surface area contributed by atoms with Crippen LogP contribution in [0.25, 0.3) is 0 Å². The lowest BCUT2D eigenvalue weighted by atomic mass is 10.2. The molecule has 2 aromatic carbocycles. The molecule has 0 saturated carbocycles. The minimum atomic E-state index is 0.370. The lowest BCUT2D eigenvalue weighted by Gasteiger charge is -2.08. The number of hydrogen-bond acceptors (Lipinski definition) is 5. The van der Waals surface area contributed by atoms with E-state index in [1.54, 1.807) is 6.21 Å². The molecule has 116 valence electrons. The zero-order valence-corrected chi connectivity index (χ0v) is 13.0. The van der Waals surface area contributed by atoms with Crippen molar-refractivity contribution in [3.8, 4) is 5.75 Å². The van der Waals surface area contributed by atoms with Crippen molar-refractivity contribution in [1.82, 2.24) is 15.2 Å². The molecule has 0 unspecified atom stereocenters. The molecule has 1 heterocycles. The number of nitrogens with zero attached hydrogens (tertiary/aromatic N) is 2. The average Bonchev–Trinajstić information content (AvgIpc) is 3.00. The summed E-state index contributed by atoms with van der Waals surface area (Å²) in [6, 6.07) is 17.7. The van der Waals surface area contributed by atoms with Crippen LogP contribution in [0, 0.1) is 4.77 Å². The maximum atomic E-state index is 5.86. The van der Waals surface area contributed by atoms with E-state index in [4.69, 9.17) is 17.0 Å². The zero-order chi connectivity index (χ0) is 15.9. The van der Waals surface area contributed by atoms with Crippen molar-refractivity contribution in [1.29, 1.82) is 0 Å². The molecule has 0 spiro atoms. The van der Waals surface area contributed by atoms with E-state index in [-0.39, 0.29) is 0 Å². The second kappa shape index (κ2) is 7.37. The second-order valence-corrected chi connectivity index (χ2v) is 5.08. The minimum absolute atomic E-state index is 0.370. The highest BCUT2D eigenvalue weighted by molar-refractivity contribution is 7.71. The molecule has 0 fully saturated rings. The van der Waals surface area contributed by atoms with Gasteiger partial charge in [-0.3, -0.25) is 10.2 Å². The highest BCUT2D eigenvalue weighted by Gasteiger charge is 2.01. The van der Waals surface area contributed by atoms with Gasteiger partial charge in [-0.05, 0) is 29.9 Å². The van der Waals surface area contributed by atoms with E-state index in [0.717, 1.165) is 16.9 Å². The van der Waals surface area contributed by atoms with E-state index in [2.05, 4.69) is 25.7 Å². The third kappa shape index (κ3) is 4.27. The first-order chi connectivity index (χ1) is 11.3. The van der Waals surface area contributed by atoms with E-state index in [1.807, 2.05) is 54.6 Å². The molecule has 3 aromatic rings. The summed E-state index contributed by atoms with van der Waals surface area (Å²) in [6.45, 7) is 0.506. The third-order valence-corrected chi connectivity index (χ3v) is 3.22. The Morgan fingerprint density at radius 1 is 1.09 bits per heavy atom. The van der Waals surface area contributed by atoms with Crippen LogP contribution < -0.4 is 10.2 Å². The molecule has 6 nitrogen and oxygen atoms in total. The Morgan fingerprint density at radius 3 is 2.65 bits per heavy atom. The van der Waals surface area contributed by atoms with Crippen LogP contribution in [-0.4, -0.2) is 21.4 Å². The quantitative estimate of drug-likeness (QED) is 0.368. The fraction of sp³-hybridized carbons (Fsp3) is 0.0625. The van der Waals surface area contributed by atoms with Crippen molar-refractivity contribution >= 4 is 24.4 Å². The maximum absolute atomic E-state index is 5.86. The summed E-state index contributed by atoms with van der Waals surface area (Å²) in [6.07, 6.45) is 1.67. The number of rotatable bonds is 6. The number of ether oxygens (including phenoxy) is 1. The van der Waals surface area contributed by atoms with Crippen molar-refractivity contribution in [3.05, 3.63) is 70.5 Å². The number of hydrogen-bond donors (Lipinski definition) is 3. The monoisotopic (exact) mass is 325 g/mol. The van der Waals surface area contributed by atoms with Crippen LogP contribution >= 0.6 is 12.2 Å². The number of aromatic amines is 2. The first-order valence-electron chi connectivity index (χ1n) is 7.01. The number of benzene rings is 2. The third-order valence-electron chi connectivity index (χ3n) is 3.03. The zero-order valence-electron chi connectivity index (χ0n) is 12.2. The van der Waals surface area contributed by atoms with Crippen LogP contribution in [0.5, 0.6) is 5.75 Å². The number of aromatic nitrogens is 3. The minimum Gasteiger partial charge on any atom is -0.488 e. The van der Waals surface area contributed by atoms with Crippen LogP contribution in [0.4, 0.5) is 5.95 Å². The topological polar surface area (TPSA) is 78.1 Å². The molecule has 0 radical (unpaired) electrons. The number of H-pyrrole nitrogens is 2. The largest absolute Gasteiger partial charge is 0.488 e. The molecule has 0 bridgehead atoms. The van der Waals surface area contributed by atoms with Crippen LogP contribution in [0.2, 0.25) is 0 Å². The van der Waals surface area contributed by atoms with E-state index >= 15 is 0 Å². The van der Waals surface area contributed by atoms with Crippen LogP contribution in [0.15, 0.2) is 59.7 Å². The van der Waals surface area contributed by atoms with Crippen LogP contribution in [0.3, 0.4) is 0 Å². The molecular weight excluding hydrogens is 310 g/mol. The Labute approximate surface area is 138 Å². The highest BCUT2D eigenvalue weighted by atomic mass is 32.1. The van der Waals surface area contributed by atoms with Gasteiger partial charge in [0.05, 0.1) is 6.21 Å². The molecule has 0 aliphatic heterocycles. The van der Waals surface area contributed by atoms with Gasteiger partial charge in [-0.25, -0.2) is 5.43 Å². The molecule has 0 aliphatic carbocycles. The van der Waals surface area contributed by atoms with E-state index in [0.29, 0.717) is 17.3 Å². The molecular formula is C16H15N5OS. The summed E-state index contributed by atoms with van der Waals surface area (Å²) in [5, 5.41) is 9.57. The first-order valence-corrected chi connectivity index (χ1v) is 7.41. The van der Waals surface area contributed by atoms with Crippen molar-refractivity contribution in [2.45, 2.75) is 6.61 Å². The highest BCUT2D eigenvalue weighted by Crippen LogP contribution is 2.17. The molecule has 0 saturated heterocycles. The predicted molar refractivity (Wildman–Crippen MR) is 92.2 cm³/mol. The lowest BCUT2D eigenvalue weighted by Crippen LogP contribution is -1.99. The Morgan fingerprint density at radius 2 is 1.87 bits per heavy atom. The van der Waals surface area contributed by atoms with Gasteiger partial charge in [0.2, 0.25) is 10.7 Å². The SMILES string of the molecule is S=c1nc(N/N=C\c2ccccc2OCc2ccccc2)[nH][nH]1. The Hall–Kier alpha value is -2.93. The first kappa shape index (κ1) is 15.0. The molecule has 7 heteroatoms. The van der Waals surface area contributed by atoms with Gasteiger partial charge < -0.3 is 4.74 Å². The van der Waals surface area contributed by atoms with Gasteiger partial charge in [0.15, 0.2) is 0 Å². The van der Waals surface area contributed by atoms with Crippen molar-refractivity contribution in [3.63, 3.8) is 0 Å². The Kier molecular flexibility index (Phi) is 4.80. The predicted octanol–water partition coefficient (Wildman–Crippen LogP) is 3.49. The van der Waals surface area contributed by atoms with Gasteiger partial charge in [0.25, 0.3) is 0 Å². The lowest BCUT2D eigenvalue weighted by molar-refractivity contribution is 0.306. The van der Waals surface area contributed by atoms with E-state index < -0.39 is 0 Å². The standard InChI is InChI=1S/C16H15N5OS/c23-16-18-15(20-21-16)19-17-10-13-8-4-5-9-14(13)22-11-12-6-2-1-3-7-12/h1-10H,11H2,(H3,18,19,20,21,23)/b17-10-. The normalized spacial score (nSPS) is 10.8. The molecule has 3 N–H and O–H groups in total. The van der Waals surface area contributed by atoms with Crippen LogP contribution in [-0.2, 0) is 6.61 Å². The average molecular weight is 325 g/mol. The summed E-state index contributed by atoms with van der Waals surface area (Å²) < 4.78 is 6.23. The van der Waals surface area contributed by atoms with Gasteiger partial charge in [0, 0.05) is 5.56 Å². The summed E-state index contributed by atoms with van der Waals surface area (Å²) in [7, 11) is 0. The van der Waals surface area contributed by atoms with Gasteiger partial charge >= 0.3 is 0 Å². The fourth-order valence-electron chi connectivity index (χ4n) is 1.94. The molecule has 0 aliphatic rings. The summed E-state index contributed by atoms with van der Waals surface area (Å²) >= 11 is 4.87. The Balaban J connectivity index is 1.66. The number of anilines is 1. The van der Waals surface area contributed by atoms with E-state index in [1.165, 1.54) is 0 Å². The summed E-state index contributed by atoms with van der Waals surface area (Å²) in [5.41, 5.74) is 4.74. The summed E-state index contributed by atoms with van der Waals surface area (Å²) in [5.74, 6) is 1.21. The van der Waals surface area contributed by atoms with Crippen molar-refractivity contribution in [2.24, 2.45) is 5.10 Å². The van der Waals surface area contributed by atoms with Crippen molar-refractivity contribution in [2.75, 3.05) is 5.43 Å².